The number of alkyl halides is 1. The summed E-state index contributed by atoms with van der Waals surface area (Å²) >= 11 is 5.58. The third-order valence-corrected chi connectivity index (χ3v) is 5.79. The molecule has 21 heavy (non-hydrogen) atoms. The molecule has 0 aliphatic rings. The van der Waals surface area contributed by atoms with E-state index in [-0.39, 0.29) is 4.83 Å². The van der Waals surface area contributed by atoms with Crippen molar-refractivity contribution in [2.45, 2.75) is 18.7 Å². The third kappa shape index (κ3) is 3.04. The molecule has 0 spiro atoms. The number of aryl methyl sites for hydroxylation is 2. The van der Waals surface area contributed by atoms with Gasteiger partial charge < -0.3 is 14.2 Å². The van der Waals surface area contributed by atoms with Gasteiger partial charge in [0, 0.05) is 15.3 Å². The van der Waals surface area contributed by atoms with Crippen molar-refractivity contribution in [3.8, 4) is 17.2 Å². The van der Waals surface area contributed by atoms with E-state index in [0.717, 1.165) is 5.56 Å². The van der Waals surface area contributed by atoms with E-state index >= 15 is 0 Å². The summed E-state index contributed by atoms with van der Waals surface area (Å²) in [4.78, 5) is 2.63. The number of hydrogen-bond donors (Lipinski definition) is 0. The van der Waals surface area contributed by atoms with E-state index < -0.39 is 0 Å². The minimum atomic E-state index is 0.0611. The molecular weight excluding hydrogens is 352 g/mol. The molecule has 3 nitrogen and oxygen atoms in total. The number of methoxy groups -OCH3 is 3. The van der Waals surface area contributed by atoms with Crippen LogP contribution in [0.2, 0.25) is 0 Å². The largest absolute Gasteiger partial charge is 0.493 e. The smallest absolute Gasteiger partial charge is 0.203 e. The predicted molar refractivity (Wildman–Crippen MR) is 90.7 cm³/mol. The van der Waals surface area contributed by atoms with Crippen LogP contribution in [0.5, 0.6) is 17.2 Å². The SMILES string of the molecule is COc1ccc(C(Br)c2sc(C)cc2C)c(OC)c1OC. The number of benzene rings is 1. The van der Waals surface area contributed by atoms with Gasteiger partial charge in [0.15, 0.2) is 11.5 Å². The minimum Gasteiger partial charge on any atom is -0.493 e. The molecule has 1 atom stereocenters. The summed E-state index contributed by atoms with van der Waals surface area (Å²) in [6.07, 6.45) is 0. The lowest BCUT2D eigenvalue weighted by Gasteiger charge is -2.18. The quantitative estimate of drug-likeness (QED) is 0.702. The number of halogens is 1. The summed E-state index contributed by atoms with van der Waals surface area (Å²) in [5.74, 6) is 1.98. The standard InChI is InChI=1S/C16H19BrO3S/c1-9-8-10(2)21-16(9)13(17)11-6-7-12(18-3)15(20-5)14(11)19-4/h6-8,13H,1-5H3. The number of hydrogen-bond acceptors (Lipinski definition) is 4. The van der Waals surface area contributed by atoms with E-state index in [1.807, 2.05) is 12.1 Å². The van der Waals surface area contributed by atoms with Crippen LogP contribution in [0.4, 0.5) is 0 Å². The van der Waals surface area contributed by atoms with Gasteiger partial charge in [0.1, 0.15) is 0 Å². The van der Waals surface area contributed by atoms with Gasteiger partial charge in [0.05, 0.1) is 26.2 Å². The molecule has 1 heterocycles. The van der Waals surface area contributed by atoms with E-state index in [2.05, 4.69) is 35.8 Å². The lowest BCUT2D eigenvalue weighted by molar-refractivity contribution is 0.322. The topological polar surface area (TPSA) is 27.7 Å². The first-order valence-corrected chi connectivity index (χ1v) is 8.26. The van der Waals surface area contributed by atoms with Crippen molar-refractivity contribution >= 4 is 27.3 Å². The molecule has 0 fully saturated rings. The average molecular weight is 371 g/mol. The van der Waals surface area contributed by atoms with E-state index in [4.69, 9.17) is 14.2 Å². The van der Waals surface area contributed by atoms with Crippen molar-refractivity contribution in [2.24, 2.45) is 0 Å². The lowest BCUT2D eigenvalue weighted by Crippen LogP contribution is -2.01. The second kappa shape index (κ2) is 6.71. The van der Waals surface area contributed by atoms with Crippen molar-refractivity contribution in [1.82, 2.24) is 0 Å². The molecule has 0 amide bonds. The molecule has 0 radical (unpaired) electrons. The first-order chi connectivity index (χ1) is 10.0. The maximum absolute atomic E-state index is 5.57. The summed E-state index contributed by atoms with van der Waals surface area (Å²) < 4.78 is 16.4. The molecule has 2 aromatic rings. The number of rotatable bonds is 5. The zero-order valence-electron chi connectivity index (χ0n) is 12.8. The van der Waals surface area contributed by atoms with Crippen molar-refractivity contribution in [3.05, 3.63) is 39.1 Å². The van der Waals surface area contributed by atoms with E-state index in [9.17, 15) is 0 Å². The molecule has 5 heteroatoms. The van der Waals surface area contributed by atoms with E-state index in [1.165, 1.54) is 15.3 Å². The molecule has 1 aromatic carbocycles. The Kier molecular flexibility index (Phi) is 5.17. The van der Waals surface area contributed by atoms with E-state index in [0.29, 0.717) is 17.2 Å². The Morgan fingerprint density at radius 3 is 2.14 bits per heavy atom. The van der Waals surface area contributed by atoms with E-state index in [1.54, 1.807) is 32.7 Å². The number of ether oxygens (including phenoxy) is 3. The first kappa shape index (κ1) is 16.2. The Morgan fingerprint density at radius 1 is 1.00 bits per heavy atom. The molecule has 0 aliphatic heterocycles. The van der Waals surface area contributed by atoms with Gasteiger partial charge in [-0.25, -0.2) is 0 Å². The van der Waals surface area contributed by atoms with Crippen LogP contribution in [0.15, 0.2) is 18.2 Å². The van der Waals surface area contributed by atoms with Crippen molar-refractivity contribution in [3.63, 3.8) is 0 Å². The Morgan fingerprint density at radius 2 is 1.67 bits per heavy atom. The highest BCUT2D eigenvalue weighted by atomic mass is 79.9. The fourth-order valence-electron chi connectivity index (χ4n) is 2.38. The molecule has 0 saturated heterocycles. The maximum atomic E-state index is 5.57. The van der Waals surface area contributed by atoms with Gasteiger partial charge in [-0.2, -0.15) is 0 Å². The highest BCUT2D eigenvalue weighted by Crippen LogP contribution is 2.47. The Balaban J connectivity index is 2.55. The van der Waals surface area contributed by atoms with Gasteiger partial charge in [-0.05, 0) is 37.6 Å². The van der Waals surface area contributed by atoms with Crippen LogP contribution in [0.1, 0.15) is 25.7 Å². The second-order valence-electron chi connectivity index (χ2n) is 4.69. The van der Waals surface area contributed by atoms with Gasteiger partial charge in [-0.3, -0.25) is 0 Å². The minimum absolute atomic E-state index is 0.0611. The normalized spacial score (nSPS) is 12.1. The molecule has 0 N–H and O–H groups in total. The monoisotopic (exact) mass is 370 g/mol. The molecule has 1 aromatic heterocycles. The zero-order valence-corrected chi connectivity index (χ0v) is 15.2. The fourth-order valence-corrected chi connectivity index (χ4v) is 4.41. The number of thiophene rings is 1. The molecule has 0 saturated carbocycles. The Hall–Kier alpha value is -1.20. The Labute approximate surface area is 138 Å². The van der Waals surface area contributed by atoms with Crippen LogP contribution in [-0.2, 0) is 0 Å². The van der Waals surface area contributed by atoms with Crippen LogP contribution >= 0.6 is 27.3 Å². The van der Waals surface area contributed by atoms with Gasteiger partial charge in [-0.1, -0.05) is 15.9 Å². The van der Waals surface area contributed by atoms with Gasteiger partial charge in [-0.15, -0.1) is 11.3 Å². The zero-order chi connectivity index (χ0) is 15.6. The van der Waals surface area contributed by atoms with Crippen LogP contribution in [0.25, 0.3) is 0 Å². The van der Waals surface area contributed by atoms with Gasteiger partial charge in [0.25, 0.3) is 0 Å². The van der Waals surface area contributed by atoms with Crippen molar-refractivity contribution < 1.29 is 14.2 Å². The summed E-state index contributed by atoms with van der Waals surface area (Å²) in [6, 6.07) is 6.11. The second-order valence-corrected chi connectivity index (χ2v) is 6.89. The van der Waals surface area contributed by atoms with Crippen molar-refractivity contribution in [2.75, 3.05) is 21.3 Å². The predicted octanol–water partition coefficient (Wildman–Crippen LogP) is 4.88. The summed E-state index contributed by atoms with van der Waals surface area (Å²) in [5, 5.41) is 0. The molecule has 0 aliphatic carbocycles. The summed E-state index contributed by atoms with van der Waals surface area (Å²) in [5.41, 5.74) is 2.30. The van der Waals surface area contributed by atoms with Crippen LogP contribution < -0.4 is 14.2 Å². The first-order valence-electron chi connectivity index (χ1n) is 6.53. The fraction of sp³-hybridized carbons (Fsp3) is 0.375. The van der Waals surface area contributed by atoms with Crippen LogP contribution in [-0.4, -0.2) is 21.3 Å². The van der Waals surface area contributed by atoms with Crippen molar-refractivity contribution in [1.29, 1.82) is 0 Å². The lowest BCUT2D eigenvalue weighted by atomic mass is 10.1. The Bertz CT molecular complexity index is 637. The van der Waals surface area contributed by atoms with Gasteiger partial charge in [0.2, 0.25) is 5.75 Å². The highest BCUT2D eigenvalue weighted by Gasteiger charge is 2.23. The molecular formula is C16H19BrO3S. The highest BCUT2D eigenvalue weighted by molar-refractivity contribution is 9.09. The molecule has 0 bridgehead atoms. The van der Waals surface area contributed by atoms with Gasteiger partial charge >= 0.3 is 0 Å². The van der Waals surface area contributed by atoms with Crippen LogP contribution in [0.3, 0.4) is 0 Å². The maximum Gasteiger partial charge on any atom is 0.203 e. The summed E-state index contributed by atoms with van der Waals surface area (Å²) in [6.45, 7) is 4.24. The third-order valence-electron chi connectivity index (χ3n) is 3.32. The molecule has 114 valence electrons. The summed E-state index contributed by atoms with van der Waals surface area (Å²) in [7, 11) is 4.89. The van der Waals surface area contributed by atoms with Crippen LogP contribution in [0, 0.1) is 13.8 Å². The average Bonchev–Trinajstić information content (AvgIpc) is 2.83. The molecule has 2 rings (SSSR count). The molecule has 1 unspecified atom stereocenters.